The summed E-state index contributed by atoms with van der Waals surface area (Å²) in [6.45, 7) is 0.167. The number of rotatable bonds is 6. The Balaban J connectivity index is 1.38. The Morgan fingerprint density at radius 1 is 1.03 bits per heavy atom. The van der Waals surface area contributed by atoms with Gasteiger partial charge >= 0.3 is 5.69 Å². The standard InChI is InChI=1S/C23H20N6O3/c1-32-18-9-7-16(8-10-18)14-24-21(30)15-29-23(31)27-11-12-28-20(22(27)26-29)13-19(25-28)17-5-3-2-4-6-17/h2-13H,14-15H2,1H3,(H,24,30). The van der Waals surface area contributed by atoms with Gasteiger partial charge in [0.05, 0.1) is 12.8 Å². The molecule has 0 atom stereocenters. The fourth-order valence-corrected chi connectivity index (χ4v) is 3.52. The number of hydrogen-bond donors (Lipinski definition) is 1. The summed E-state index contributed by atoms with van der Waals surface area (Å²) in [4.78, 5) is 25.2. The van der Waals surface area contributed by atoms with Gasteiger partial charge in [-0.1, -0.05) is 42.5 Å². The number of ether oxygens (including phenoxy) is 1. The van der Waals surface area contributed by atoms with E-state index in [-0.39, 0.29) is 18.1 Å². The largest absolute Gasteiger partial charge is 0.497 e. The van der Waals surface area contributed by atoms with Gasteiger partial charge < -0.3 is 10.1 Å². The molecule has 0 bridgehead atoms. The predicted molar refractivity (Wildman–Crippen MR) is 118 cm³/mol. The smallest absolute Gasteiger partial charge is 0.350 e. The van der Waals surface area contributed by atoms with Crippen LogP contribution in [-0.4, -0.2) is 36.8 Å². The minimum Gasteiger partial charge on any atom is -0.497 e. The van der Waals surface area contributed by atoms with Gasteiger partial charge in [-0.3, -0.25) is 4.79 Å². The normalized spacial score (nSPS) is 11.2. The van der Waals surface area contributed by atoms with E-state index in [0.29, 0.717) is 17.7 Å². The van der Waals surface area contributed by atoms with Gasteiger partial charge in [0.25, 0.3) is 0 Å². The van der Waals surface area contributed by atoms with Crippen molar-refractivity contribution in [2.75, 3.05) is 7.11 Å². The highest BCUT2D eigenvalue weighted by Crippen LogP contribution is 2.20. The molecule has 0 aliphatic rings. The van der Waals surface area contributed by atoms with E-state index in [0.717, 1.165) is 27.3 Å². The molecular formula is C23H20N6O3. The number of hydrogen-bond acceptors (Lipinski definition) is 5. The van der Waals surface area contributed by atoms with Crippen molar-refractivity contribution in [3.8, 4) is 17.0 Å². The Hall–Kier alpha value is -4.40. The molecule has 9 nitrogen and oxygen atoms in total. The highest BCUT2D eigenvalue weighted by atomic mass is 16.5. The maximum absolute atomic E-state index is 12.8. The van der Waals surface area contributed by atoms with Crippen LogP contribution in [0.15, 0.2) is 77.9 Å². The van der Waals surface area contributed by atoms with Gasteiger partial charge in [-0.05, 0) is 23.8 Å². The van der Waals surface area contributed by atoms with Crippen LogP contribution in [0.4, 0.5) is 0 Å². The summed E-state index contributed by atoms with van der Waals surface area (Å²) in [5.74, 6) is 0.443. The van der Waals surface area contributed by atoms with Crippen LogP contribution < -0.4 is 15.7 Å². The summed E-state index contributed by atoms with van der Waals surface area (Å²) in [7, 11) is 1.60. The van der Waals surface area contributed by atoms with E-state index in [9.17, 15) is 9.59 Å². The van der Waals surface area contributed by atoms with E-state index in [1.807, 2.05) is 60.7 Å². The Labute approximate surface area is 182 Å². The molecule has 0 saturated carbocycles. The van der Waals surface area contributed by atoms with Gasteiger partial charge in [0.15, 0.2) is 5.65 Å². The van der Waals surface area contributed by atoms with Crippen LogP contribution in [0.25, 0.3) is 22.4 Å². The van der Waals surface area contributed by atoms with E-state index in [1.165, 1.54) is 4.40 Å². The molecule has 32 heavy (non-hydrogen) atoms. The molecular weight excluding hydrogens is 408 g/mol. The van der Waals surface area contributed by atoms with Crippen LogP contribution in [0.3, 0.4) is 0 Å². The Kier molecular flexibility index (Phi) is 4.91. The van der Waals surface area contributed by atoms with Crippen molar-refractivity contribution in [1.29, 1.82) is 0 Å². The number of methoxy groups -OCH3 is 1. The molecule has 0 saturated heterocycles. The zero-order valence-corrected chi connectivity index (χ0v) is 17.3. The first kappa shape index (κ1) is 19.6. The van der Waals surface area contributed by atoms with E-state index < -0.39 is 0 Å². The van der Waals surface area contributed by atoms with Crippen molar-refractivity contribution >= 4 is 17.1 Å². The van der Waals surface area contributed by atoms with E-state index in [1.54, 1.807) is 24.0 Å². The molecule has 160 valence electrons. The Bertz CT molecular complexity index is 1470. The van der Waals surface area contributed by atoms with Crippen molar-refractivity contribution in [2.24, 2.45) is 0 Å². The molecule has 9 heteroatoms. The maximum Gasteiger partial charge on any atom is 0.350 e. The second kappa shape index (κ2) is 8.03. The monoisotopic (exact) mass is 428 g/mol. The first-order chi connectivity index (χ1) is 15.6. The predicted octanol–water partition coefficient (Wildman–Crippen LogP) is 2.14. The summed E-state index contributed by atoms with van der Waals surface area (Å²) < 4.78 is 9.39. The quantitative estimate of drug-likeness (QED) is 0.447. The van der Waals surface area contributed by atoms with Crippen LogP contribution in [0, 0.1) is 0 Å². The third-order valence-corrected chi connectivity index (χ3v) is 5.20. The van der Waals surface area contributed by atoms with Crippen LogP contribution in [0.5, 0.6) is 5.75 Å². The van der Waals surface area contributed by atoms with Crippen molar-refractivity contribution in [1.82, 2.24) is 29.1 Å². The van der Waals surface area contributed by atoms with Crippen molar-refractivity contribution in [3.05, 3.63) is 89.1 Å². The number of amides is 1. The lowest BCUT2D eigenvalue weighted by atomic mass is 10.1. The third kappa shape index (κ3) is 3.60. The molecule has 1 amide bonds. The molecule has 0 fully saturated rings. The summed E-state index contributed by atoms with van der Waals surface area (Å²) in [5, 5.41) is 11.8. The topological polar surface area (TPSA) is 94.9 Å². The summed E-state index contributed by atoms with van der Waals surface area (Å²) in [5.41, 5.74) is 3.41. The molecule has 3 heterocycles. The Morgan fingerprint density at radius 2 is 1.81 bits per heavy atom. The number of carbonyl (C=O) groups is 1. The summed E-state index contributed by atoms with van der Waals surface area (Å²) in [6.07, 6.45) is 3.30. The van der Waals surface area contributed by atoms with Crippen LogP contribution in [-0.2, 0) is 17.9 Å². The van der Waals surface area contributed by atoms with Gasteiger partial charge in [0.1, 0.15) is 17.8 Å². The van der Waals surface area contributed by atoms with Gasteiger partial charge in [-0.15, -0.1) is 5.10 Å². The lowest BCUT2D eigenvalue weighted by molar-refractivity contribution is -0.122. The van der Waals surface area contributed by atoms with E-state index in [4.69, 9.17) is 4.74 Å². The van der Waals surface area contributed by atoms with Crippen molar-refractivity contribution < 1.29 is 9.53 Å². The van der Waals surface area contributed by atoms with Gasteiger partial charge in [-0.2, -0.15) is 5.10 Å². The number of nitrogens with zero attached hydrogens (tertiary/aromatic N) is 5. The first-order valence-electron chi connectivity index (χ1n) is 10.0. The molecule has 0 aliphatic heterocycles. The highest BCUT2D eigenvalue weighted by Gasteiger charge is 2.15. The van der Waals surface area contributed by atoms with Crippen molar-refractivity contribution in [3.63, 3.8) is 0 Å². The number of aromatic nitrogens is 5. The average Bonchev–Trinajstić information content (AvgIpc) is 3.40. The molecule has 5 aromatic rings. The zero-order chi connectivity index (χ0) is 22.1. The minimum absolute atomic E-state index is 0.178. The van der Waals surface area contributed by atoms with Gasteiger partial charge in [0, 0.05) is 24.5 Å². The second-order valence-corrected chi connectivity index (χ2v) is 7.28. The van der Waals surface area contributed by atoms with Gasteiger partial charge in [-0.25, -0.2) is 18.4 Å². The van der Waals surface area contributed by atoms with Crippen LogP contribution >= 0.6 is 0 Å². The van der Waals surface area contributed by atoms with E-state index >= 15 is 0 Å². The van der Waals surface area contributed by atoms with Crippen LogP contribution in [0.2, 0.25) is 0 Å². The number of carbonyl (C=O) groups excluding carboxylic acids is 1. The number of nitrogens with one attached hydrogen (secondary N) is 1. The number of benzene rings is 2. The Morgan fingerprint density at radius 3 is 2.56 bits per heavy atom. The van der Waals surface area contributed by atoms with Crippen molar-refractivity contribution in [2.45, 2.75) is 13.1 Å². The molecule has 5 rings (SSSR count). The lowest BCUT2D eigenvalue weighted by Gasteiger charge is -2.06. The molecule has 0 aliphatic carbocycles. The summed E-state index contributed by atoms with van der Waals surface area (Å²) in [6, 6.07) is 19.0. The molecule has 1 N–H and O–H groups in total. The minimum atomic E-state index is -0.385. The molecule has 0 unspecified atom stereocenters. The van der Waals surface area contributed by atoms with E-state index in [2.05, 4.69) is 15.5 Å². The fraction of sp³-hybridized carbons (Fsp3) is 0.130. The highest BCUT2D eigenvalue weighted by molar-refractivity contribution is 5.77. The molecule has 2 aromatic carbocycles. The van der Waals surface area contributed by atoms with Crippen LogP contribution in [0.1, 0.15) is 5.56 Å². The fourth-order valence-electron chi connectivity index (χ4n) is 3.52. The zero-order valence-electron chi connectivity index (χ0n) is 17.3. The summed E-state index contributed by atoms with van der Waals surface area (Å²) >= 11 is 0. The molecule has 0 spiro atoms. The number of fused-ring (bicyclic) bond motifs is 3. The lowest BCUT2D eigenvalue weighted by Crippen LogP contribution is -2.32. The average molecular weight is 428 g/mol. The molecule has 0 radical (unpaired) electrons. The SMILES string of the molecule is COc1ccc(CNC(=O)Cn2nc3c4cc(-c5ccccc5)nn4ccn3c2=O)cc1. The van der Waals surface area contributed by atoms with Gasteiger partial charge in [0.2, 0.25) is 5.91 Å². The molecule has 3 aromatic heterocycles. The first-order valence-corrected chi connectivity index (χ1v) is 10.0. The maximum atomic E-state index is 12.8. The second-order valence-electron chi connectivity index (χ2n) is 7.28. The third-order valence-electron chi connectivity index (χ3n) is 5.20.